The Balaban J connectivity index is 2.57. The van der Waals surface area contributed by atoms with Crippen LogP contribution in [0.2, 0.25) is 0 Å². The van der Waals surface area contributed by atoms with E-state index in [-0.39, 0.29) is 0 Å². The van der Waals surface area contributed by atoms with Crippen LogP contribution in [0, 0.1) is 0 Å². The molecule has 1 heterocycles. The molecule has 4 heteroatoms. The number of hydrogen-bond acceptors (Lipinski definition) is 3. The fraction of sp³-hybridized carbons (Fsp3) is 0.182. The van der Waals surface area contributed by atoms with Crippen molar-refractivity contribution in [3.05, 3.63) is 30.3 Å². The third-order valence-electron chi connectivity index (χ3n) is 2.65. The number of nitrogens with zero attached hydrogens (tertiary/aromatic N) is 2. The fourth-order valence-electron chi connectivity index (χ4n) is 1.59. The van der Waals surface area contributed by atoms with E-state index in [4.69, 9.17) is 5.02 Å². The van der Waals surface area contributed by atoms with Gasteiger partial charge in [-0.05, 0) is 13.0 Å². The molecule has 0 unspecified atom stereocenters. The summed E-state index contributed by atoms with van der Waals surface area (Å²) in [6.45, 7) is 5.95. The molecule has 0 aliphatic carbocycles. The van der Waals surface area contributed by atoms with Gasteiger partial charge in [0.05, 0.1) is 5.69 Å². The molecule has 0 saturated heterocycles. The van der Waals surface area contributed by atoms with Gasteiger partial charge >= 0.3 is 7.48 Å². The summed E-state index contributed by atoms with van der Waals surface area (Å²) in [7, 11) is 3.02. The van der Waals surface area contributed by atoms with Crippen LogP contribution < -0.4 is 5.46 Å². The average molecular weight is 199 g/mol. The molecule has 0 fully saturated rings. The van der Waals surface area contributed by atoms with Crippen molar-refractivity contribution >= 4 is 30.2 Å². The molecule has 3 nitrogen and oxygen atoms in total. The second-order valence-electron chi connectivity index (χ2n) is 3.57. The number of rotatable bonds is 1. The predicted molar refractivity (Wildman–Crippen MR) is 63.6 cm³/mol. The van der Waals surface area contributed by atoms with E-state index in [2.05, 4.69) is 11.6 Å². The molecular weight excluding hydrogens is 187 g/mol. The van der Waals surface area contributed by atoms with Crippen molar-refractivity contribution < 1.29 is 5.02 Å². The summed E-state index contributed by atoms with van der Waals surface area (Å²) >= 11 is 0. The van der Waals surface area contributed by atoms with Crippen molar-refractivity contribution in [2.24, 2.45) is 4.99 Å². The summed E-state index contributed by atoms with van der Waals surface area (Å²) in [4.78, 5) is 6.39. The van der Waals surface area contributed by atoms with Crippen LogP contribution in [0.15, 0.2) is 29.8 Å². The molecule has 0 bridgehead atoms. The van der Waals surface area contributed by atoms with Crippen molar-refractivity contribution in [1.29, 1.82) is 0 Å². The van der Waals surface area contributed by atoms with Gasteiger partial charge in [0, 0.05) is 18.3 Å². The summed E-state index contributed by atoms with van der Waals surface area (Å²) in [5.41, 5.74) is 3.55. The first-order valence-electron chi connectivity index (χ1n) is 4.73. The van der Waals surface area contributed by atoms with Crippen molar-refractivity contribution in [3.63, 3.8) is 0 Å². The van der Waals surface area contributed by atoms with E-state index in [0.29, 0.717) is 0 Å². The van der Waals surface area contributed by atoms with Gasteiger partial charge in [-0.1, -0.05) is 24.2 Å². The van der Waals surface area contributed by atoms with Gasteiger partial charge in [0.15, 0.2) is 0 Å². The van der Waals surface area contributed by atoms with Crippen LogP contribution in [-0.2, 0) is 0 Å². The van der Waals surface area contributed by atoms with Gasteiger partial charge in [-0.2, -0.15) is 0 Å². The molecule has 1 N–H and O–H groups in total. The molecule has 75 valence electrons. The maximum Gasteiger partial charge on any atom is 0.326 e. The number of fused-ring (bicyclic) bond motifs is 1. The van der Waals surface area contributed by atoms with Gasteiger partial charge in [0.1, 0.15) is 5.84 Å². The molecular formula is C11H12BN2O. The lowest BCUT2D eigenvalue weighted by Gasteiger charge is -2.27. The number of aliphatic imine (C=N–C) groups is 1. The van der Waals surface area contributed by atoms with Crippen molar-refractivity contribution in [2.75, 3.05) is 7.05 Å². The highest BCUT2D eigenvalue weighted by Gasteiger charge is 2.17. The SMILES string of the molecule is C=C1c2ccc([B]O)cc2N=C(C)N1C. The third kappa shape index (κ3) is 1.57. The van der Waals surface area contributed by atoms with E-state index in [9.17, 15) is 0 Å². The fourth-order valence-corrected chi connectivity index (χ4v) is 1.59. The minimum atomic E-state index is 0.752. The van der Waals surface area contributed by atoms with E-state index >= 15 is 0 Å². The van der Waals surface area contributed by atoms with Crippen LogP contribution in [-0.4, -0.2) is 30.3 Å². The van der Waals surface area contributed by atoms with Crippen LogP contribution in [0.1, 0.15) is 12.5 Å². The summed E-state index contributed by atoms with van der Waals surface area (Å²) in [6.07, 6.45) is 0. The van der Waals surface area contributed by atoms with Crippen LogP contribution in [0.5, 0.6) is 0 Å². The van der Waals surface area contributed by atoms with E-state index in [1.165, 1.54) is 0 Å². The van der Waals surface area contributed by atoms with E-state index in [1.54, 1.807) is 0 Å². The Bertz CT molecular complexity index is 454. The van der Waals surface area contributed by atoms with Crippen LogP contribution in [0.4, 0.5) is 5.69 Å². The Kier molecular flexibility index (Phi) is 2.36. The minimum Gasteiger partial charge on any atom is -0.450 e. The lowest BCUT2D eigenvalue weighted by molar-refractivity contribution is 0.615. The van der Waals surface area contributed by atoms with Gasteiger partial charge in [0.25, 0.3) is 0 Å². The predicted octanol–water partition coefficient (Wildman–Crippen LogP) is 0.889. The quantitative estimate of drug-likeness (QED) is 0.681. The maximum atomic E-state index is 8.92. The van der Waals surface area contributed by atoms with Crippen molar-refractivity contribution in [3.8, 4) is 0 Å². The zero-order valence-electron chi connectivity index (χ0n) is 8.86. The average Bonchev–Trinajstić information content (AvgIpc) is 2.25. The van der Waals surface area contributed by atoms with Crippen LogP contribution >= 0.6 is 0 Å². The first-order chi connectivity index (χ1) is 7.13. The maximum absolute atomic E-state index is 8.92. The molecule has 1 aliphatic heterocycles. The molecule has 0 aromatic heterocycles. The summed E-state index contributed by atoms with van der Waals surface area (Å²) in [5.74, 6) is 0.905. The zero-order valence-corrected chi connectivity index (χ0v) is 8.86. The second-order valence-corrected chi connectivity index (χ2v) is 3.57. The Morgan fingerprint density at radius 2 is 2.20 bits per heavy atom. The number of amidine groups is 1. The summed E-state index contributed by atoms with van der Waals surface area (Å²) < 4.78 is 0. The Labute approximate surface area is 90.0 Å². The molecule has 0 spiro atoms. The molecule has 1 aromatic carbocycles. The molecule has 2 rings (SSSR count). The minimum absolute atomic E-state index is 0.752. The highest BCUT2D eigenvalue weighted by Crippen LogP contribution is 2.30. The number of hydrogen-bond donors (Lipinski definition) is 1. The first kappa shape index (κ1) is 9.99. The topological polar surface area (TPSA) is 35.8 Å². The molecule has 1 radical (unpaired) electrons. The summed E-state index contributed by atoms with van der Waals surface area (Å²) in [5, 5.41) is 8.92. The van der Waals surface area contributed by atoms with E-state index in [1.807, 2.05) is 37.1 Å². The van der Waals surface area contributed by atoms with Gasteiger partial charge in [-0.25, -0.2) is 4.99 Å². The summed E-state index contributed by atoms with van der Waals surface area (Å²) in [6, 6.07) is 5.61. The molecule has 0 saturated carbocycles. The molecule has 1 aliphatic rings. The van der Waals surface area contributed by atoms with Gasteiger partial charge in [0.2, 0.25) is 0 Å². The first-order valence-corrected chi connectivity index (χ1v) is 4.73. The lowest BCUT2D eigenvalue weighted by Crippen LogP contribution is -2.25. The smallest absolute Gasteiger partial charge is 0.326 e. The monoisotopic (exact) mass is 199 g/mol. The van der Waals surface area contributed by atoms with Gasteiger partial charge < -0.3 is 9.92 Å². The molecule has 1 aromatic rings. The largest absolute Gasteiger partial charge is 0.450 e. The highest BCUT2D eigenvalue weighted by molar-refractivity contribution is 6.45. The van der Waals surface area contributed by atoms with Gasteiger partial charge in [-0.3, -0.25) is 0 Å². The Morgan fingerprint density at radius 3 is 2.87 bits per heavy atom. The zero-order chi connectivity index (χ0) is 11.0. The van der Waals surface area contributed by atoms with Crippen LogP contribution in [0.25, 0.3) is 5.70 Å². The highest BCUT2D eigenvalue weighted by atomic mass is 16.2. The Morgan fingerprint density at radius 1 is 1.47 bits per heavy atom. The lowest BCUT2D eigenvalue weighted by atomic mass is 9.87. The normalized spacial score (nSPS) is 14.7. The van der Waals surface area contributed by atoms with E-state index < -0.39 is 0 Å². The molecule has 0 atom stereocenters. The van der Waals surface area contributed by atoms with E-state index in [0.717, 1.165) is 35.7 Å². The molecule has 15 heavy (non-hydrogen) atoms. The second kappa shape index (κ2) is 3.55. The third-order valence-corrected chi connectivity index (χ3v) is 2.65. The van der Waals surface area contributed by atoms with Crippen molar-refractivity contribution in [2.45, 2.75) is 6.92 Å². The standard InChI is InChI=1S/C11H12BN2O/c1-7-10-5-4-9(12-15)6-11(10)13-8(2)14(7)3/h4-6,15H,1H2,2-3H3. The van der Waals surface area contributed by atoms with Crippen LogP contribution in [0.3, 0.4) is 0 Å². The molecule has 0 amide bonds. The Hall–Kier alpha value is -1.55. The van der Waals surface area contributed by atoms with Crippen molar-refractivity contribution in [1.82, 2.24) is 4.90 Å². The number of benzene rings is 1. The van der Waals surface area contributed by atoms with Gasteiger partial charge in [-0.15, -0.1) is 0 Å².